The van der Waals surface area contributed by atoms with Gasteiger partial charge in [0, 0.05) is 14.2 Å². The Morgan fingerprint density at radius 1 is 0.533 bits per heavy atom. The van der Waals surface area contributed by atoms with E-state index >= 15 is 0 Å². The lowest BCUT2D eigenvalue weighted by molar-refractivity contribution is -0.146. The third-order valence-electron chi connectivity index (χ3n) is 3.34. The summed E-state index contributed by atoms with van der Waals surface area (Å²) in [6.07, 6.45) is -1.43. The van der Waals surface area contributed by atoms with E-state index in [0.29, 0.717) is 52.9 Å². The van der Waals surface area contributed by atoms with E-state index in [4.69, 9.17) is 47.4 Å². The quantitative estimate of drug-likeness (QED) is 0.137. The summed E-state index contributed by atoms with van der Waals surface area (Å²) < 4.78 is 51.5. The van der Waals surface area contributed by atoms with Crippen molar-refractivity contribution in [3.05, 3.63) is 0 Å². The SMILES string of the molecule is COCCOC(C)OCCOCCOC(=O)OCCOCCOC(C)OCCOC. The fourth-order valence-electron chi connectivity index (χ4n) is 1.85. The van der Waals surface area contributed by atoms with Crippen LogP contribution in [0, 0.1) is 0 Å². The van der Waals surface area contributed by atoms with Crippen molar-refractivity contribution < 1.29 is 52.2 Å². The van der Waals surface area contributed by atoms with Crippen LogP contribution < -0.4 is 0 Å². The minimum Gasteiger partial charge on any atom is -0.432 e. The second-order valence-corrected chi connectivity index (χ2v) is 5.78. The topological polar surface area (TPSA) is 109 Å². The lowest BCUT2D eigenvalue weighted by atomic mass is 10.6. The molecule has 0 rings (SSSR count). The summed E-state index contributed by atoms with van der Waals surface area (Å²) in [6, 6.07) is 0. The van der Waals surface area contributed by atoms with E-state index in [1.165, 1.54) is 0 Å². The van der Waals surface area contributed by atoms with E-state index in [2.05, 4.69) is 0 Å². The molecule has 0 spiro atoms. The maximum Gasteiger partial charge on any atom is 0.508 e. The summed E-state index contributed by atoms with van der Waals surface area (Å²) in [5.41, 5.74) is 0. The smallest absolute Gasteiger partial charge is 0.432 e. The highest BCUT2D eigenvalue weighted by molar-refractivity contribution is 5.59. The van der Waals surface area contributed by atoms with E-state index < -0.39 is 6.16 Å². The van der Waals surface area contributed by atoms with Gasteiger partial charge in [0.15, 0.2) is 12.6 Å². The van der Waals surface area contributed by atoms with Gasteiger partial charge in [-0.1, -0.05) is 0 Å². The molecule has 2 atom stereocenters. The standard InChI is InChI=1S/C19H38O11/c1-17(25-11-5-21-3)27-13-7-23-9-15-29-19(20)30-16-10-24-8-14-28-18(2)26-12-6-22-4/h17-18H,5-16H2,1-4H3. The van der Waals surface area contributed by atoms with Crippen molar-refractivity contribution in [3.8, 4) is 0 Å². The summed E-state index contributed by atoms with van der Waals surface area (Å²) in [4.78, 5) is 11.4. The molecule has 11 nitrogen and oxygen atoms in total. The second kappa shape index (κ2) is 22.6. The lowest BCUT2D eigenvalue weighted by Gasteiger charge is -2.14. The van der Waals surface area contributed by atoms with Gasteiger partial charge in [-0.2, -0.15) is 0 Å². The maximum absolute atomic E-state index is 11.4. The van der Waals surface area contributed by atoms with Crippen molar-refractivity contribution >= 4 is 6.16 Å². The van der Waals surface area contributed by atoms with E-state index in [9.17, 15) is 4.79 Å². The molecule has 0 bridgehead atoms. The Labute approximate surface area is 179 Å². The minimum absolute atomic E-state index is 0.0916. The molecule has 180 valence electrons. The van der Waals surface area contributed by atoms with Crippen LogP contribution in [0.3, 0.4) is 0 Å². The van der Waals surface area contributed by atoms with Crippen LogP contribution in [0.25, 0.3) is 0 Å². The zero-order valence-corrected chi connectivity index (χ0v) is 18.6. The molecule has 0 aliphatic rings. The van der Waals surface area contributed by atoms with Gasteiger partial charge in [0.2, 0.25) is 0 Å². The monoisotopic (exact) mass is 442 g/mol. The predicted octanol–water partition coefficient (Wildman–Crippen LogP) is 1.22. The van der Waals surface area contributed by atoms with Crippen molar-refractivity contribution in [2.75, 3.05) is 93.5 Å². The van der Waals surface area contributed by atoms with Crippen molar-refractivity contribution in [2.24, 2.45) is 0 Å². The molecule has 0 fully saturated rings. The molecule has 0 radical (unpaired) electrons. The summed E-state index contributed by atoms with van der Waals surface area (Å²) in [5.74, 6) is 0. The molecule has 0 saturated carbocycles. The third kappa shape index (κ3) is 21.7. The van der Waals surface area contributed by atoms with E-state index in [1.54, 1.807) is 28.1 Å². The van der Waals surface area contributed by atoms with Gasteiger partial charge in [-0.25, -0.2) is 4.79 Å². The van der Waals surface area contributed by atoms with Crippen molar-refractivity contribution in [1.29, 1.82) is 0 Å². The van der Waals surface area contributed by atoms with Gasteiger partial charge in [-0.15, -0.1) is 0 Å². The highest BCUT2D eigenvalue weighted by atomic mass is 16.7. The maximum atomic E-state index is 11.4. The van der Waals surface area contributed by atoms with Crippen LogP contribution in [0.15, 0.2) is 0 Å². The van der Waals surface area contributed by atoms with Crippen molar-refractivity contribution in [3.63, 3.8) is 0 Å². The largest absolute Gasteiger partial charge is 0.508 e. The van der Waals surface area contributed by atoms with Gasteiger partial charge < -0.3 is 47.4 Å². The first-order valence-electron chi connectivity index (χ1n) is 9.99. The molecule has 0 aromatic carbocycles. The average molecular weight is 443 g/mol. The molecule has 30 heavy (non-hydrogen) atoms. The predicted molar refractivity (Wildman–Crippen MR) is 105 cm³/mol. The molecule has 0 saturated heterocycles. The summed E-state index contributed by atoms with van der Waals surface area (Å²) >= 11 is 0. The molecule has 11 heteroatoms. The van der Waals surface area contributed by atoms with Crippen LogP contribution in [0.4, 0.5) is 4.79 Å². The zero-order valence-electron chi connectivity index (χ0n) is 18.6. The van der Waals surface area contributed by atoms with Crippen LogP contribution in [0.1, 0.15) is 13.8 Å². The van der Waals surface area contributed by atoms with E-state index in [-0.39, 0.29) is 39.0 Å². The normalized spacial score (nSPS) is 13.2. The molecule has 0 aliphatic heterocycles. The van der Waals surface area contributed by atoms with Crippen LogP contribution in [0.5, 0.6) is 0 Å². The Hall–Kier alpha value is -1.05. The fraction of sp³-hybridized carbons (Fsp3) is 0.947. The first kappa shape index (κ1) is 28.9. The highest BCUT2D eigenvalue weighted by Gasteiger charge is 2.05. The van der Waals surface area contributed by atoms with Crippen LogP contribution in [-0.2, 0) is 47.4 Å². The van der Waals surface area contributed by atoms with Gasteiger partial charge in [-0.3, -0.25) is 0 Å². The Bertz CT molecular complexity index is 338. The number of carbonyl (C=O) groups excluding carboxylic acids is 1. The van der Waals surface area contributed by atoms with E-state index in [0.717, 1.165) is 0 Å². The van der Waals surface area contributed by atoms with Gasteiger partial charge in [-0.05, 0) is 13.8 Å². The molecular weight excluding hydrogens is 404 g/mol. The van der Waals surface area contributed by atoms with Gasteiger partial charge in [0.25, 0.3) is 0 Å². The Morgan fingerprint density at radius 2 is 0.867 bits per heavy atom. The molecule has 2 unspecified atom stereocenters. The number of hydrogen-bond donors (Lipinski definition) is 0. The lowest BCUT2D eigenvalue weighted by Crippen LogP contribution is -2.20. The summed E-state index contributed by atoms with van der Waals surface area (Å²) in [7, 11) is 3.21. The molecule has 0 amide bonds. The molecule has 0 aromatic rings. The number of rotatable bonds is 22. The molecule has 0 aromatic heterocycles. The van der Waals surface area contributed by atoms with Crippen molar-refractivity contribution in [2.45, 2.75) is 26.4 Å². The number of methoxy groups -OCH3 is 2. The first-order valence-corrected chi connectivity index (χ1v) is 9.99. The van der Waals surface area contributed by atoms with Crippen LogP contribution in [0.2, 0.25) is 0 Å². The Balaban J connectivity index is 3.31. The molecule has 0 aliphatic carbocycles. The van der Waals surface area contributed by atoms with Gasteiger partial charge >= 0.3 is 6.16 Å². The Kier molecular flexibility index (Phi) is 21.8. The molecule has 0 heterocycles. The minimum atomic E-state index is -0.768. The summed E-state index contributed by atoms with van der Waals surface area (Å²) in [6.45, 7) is 7.71. The number of carbonyl (C=O) groups is 1. The molecule has 0 N–H and O–H groups in total. The fourth-order valence-corrected chi connectivity index (χ4v) is 1.85. The number of ether oxygens (including phenoxy) is 10. The van der Waals surface area contributed by atoms with Gasteiger partial charge in [0.05, 0.1) is 66.1 Å². The zero-order chi connectivity index (χ0) is 22.3. The Morgan fingerprint density at radius 3 is 1.23 bits per heavy atom. The van der Waals surface area contributed by atoms with Crippen LogP contribution >= 0.6 is 0 Å². The first-order chi connectivity index (χ1) is 14.6. The van der Waals surface area contributed by atoms with Gasteiger partial charge in [0.1, 0.15) is 13.2 Å². The van der Waals surface area contributed by atoms with E-state index in [1.807, 2.05) is 0 Å². The molecular formula is C19H38O11. The number of hydrogen-bond acceptors (Lipinski definition) is 11. The van der Waals surface area contributed by atoms with Crippen LogP contribution in [-0.4, -0.2) is 112 Å². The third-order valence-corrected chi connectivity index (χ3v) is 3.34. The summed E-state index contributed by atoms with van der Waals surface area (Å²) in [5, 5.41) is 0. The second-order valence-electron chi connectivity index (χ2n) is 5.78. The average Bonchev–Trinajstić information content (AvgIpc) is 2.72. The van der Waals surface area contributed by atoms with Crippen molar-refractivity contribution in [1.82, 2.24) is 0 Å². The highest BCUT2D eigenvalue weighted by Crippen LogP contribution is 1.95.